The van der Waals surface area contributed by atoms with Gasteiger partial charge in [-0.1, -0.05) is 44.5 Å². The van der Waals surface area contributed by atoms with Gasteiger partial charge in [-0.25, -0.2) is 4.79 Å². The molecule has 8 heteroatoms. The molecule has 0 radical (unpaired) electrons. The summed E-state index contributed by atoms with van der Waals surface area (Å²) in [6.45, 7) is 9.86. The van der Waals surface area contributed by atoms with Crippen LogP contribution in [0.1, 0.15) is 66.0 Å². The number of aromatic carboxylic acids is 1. The normalized spacial score (nSPS) is 21.2. The first kappa shape index (κ1) is 26.7. The minimum atomic E-state index is -1.11. The summed E-state index contributed by atoms with van der Waals surface area (Å²) < 4.78 is 0. The second-order valence-electron chi connectivity index (χ2n) is 10.2. The molecular weight excluding hydrogens is 468 g/mol. The summed E-state index contributed by atoms with van der Waals surface area (Å²) in [5.41, 5.74) is -0.0148. The van der Waals surface area contributed by atoms with Crippen LogP contribution in [0.4, 0.5) is 0 Å². The number of amides is 2. The van der Waals surface area contributed by atoms with Gasteiger partial charge in [0, 0.05) is 35.1 Å². The van der Waals surface area contributed by atoms with Crippen LogP contribution in [-0.2, 0) is 10.4 Å². The molecule has 188 valence electrons. The molecule has 1 saturated heterocycles. The van der Waals surface area contributed by atoms with Crippen LogP contribution in [0.25, 0.3) is 0 Å². The Morgan fingerprint density at radius 1 is 1.06 bits per heavy atom. The minimum Gasteiger partial charge on any atom is -0.478 e. The number of rotatable bonds is 6. The fraction of sp³-hybridized carbons (Fsp3) is 0.444. The molecule has 1 heterocycles. The van der Waals surface area contributed by atoms with Crippen LogP contribution in [-0.4, -0.2) is 52.0 Å². The monoisotopic (exact) mass is 500 g/mol. The van der Waals surface area contributed by atoms with Crippen molar-refractivity contribution in [1.82, 2.24) is 10.2 Å². The molecule has 1 unspecified atom stereocenters. The molecule has 2 aromatic rings. The molecule has 3 atom stereocenters. The van der Waals surface area contributed by atoms with E-state index in [2.05, 4.69) is 5.32 Å². The summed E-state index contributed by atoms with van der Waals surface area (Å²) in [7, 11) is 0. The number of carbonyl (C=O) groups excluding carboxylic acids is 2. The van der Waals surface area contributed by atoms with Gasteiger partial charge in [0.25, 0.3) is 5.91 Å². The van der Waals surface area contributed by atoms with E-state index in [1.165, 1.54) is 12.1 Å². The maximum absolute atomic E-state index is 13.3. The summed E-state index contributed by atoms with van der Waals surface area (Å²) in [6, 6.07) is 11.1. The van der Waals surface area contributed by atoms with Gasteiger partial charge in [0.15, 0.2) is 0 Å². The lowest BCUT2D eigenvalue weighted by Crippen LogP contribution is -2.58. The molecule has 3 rings (SSSR count). The van der Waals surface area contributed by atoms with Gasteiger partial charge in [0.2, 0.25) is 5.91 Å². The van der Waals surface area contributed by atoms with Crippen LogP contribution in [0, 0.1) is 18.3 Å². The van der Waals surface area contributed by atoms with E-state index in [1.807, 2.05) is 26.0 Å². The zero-order chi connectivity index (χ0) is 26.1. The first-order valence-corrected chi connectivity index (χ1v) is 12.1. The highest BCUT2D eigenvalue weighted by molar-refractivity contribution is 6.30. The third-order valence-electron chi connectivity index (χ3n) is 7.17. The lowest BCUT2D eigenvalue weighted by atomic mass is 9.66. The summed E-state index contributed by atoms with van der Waals surface area (Å²) in [4.78, 5) is 39.2. The Morgan fingerprint density at radius 2 is 1.66 bits per heavy atom. The van der Waals surface area contributed by atoms with Gasteiger partial charge < -0.3 is 20.4 Å². The Bertz CT molecular complexity index is 1130. The third kappa shape index (κ3) is 5.52. The molecule has 1 aliphatic rings. The summed E-state index contributed by atoms with van der Waals surface area (Å²) in [5, 5.41) is 24.2. The summed E-state index contributed by atoms with van der Waals surface area (Å²) >= 11 is 6.01. The number of carbonyl (C=O) groups is 3. The fourth-order valence-corrected chi connectivity index (χ4v) is 4.85. The first-order valence-electron chi connectivity index (χ1n) is 11.7. The fourth-order valence-electron chi connectivity index (χ4n) is 4.73. The van der Waals surface area contributed by atoms with Gasteiger partial charge in [0.05, 0.1) is 17.1 Å². The van der Waals surface area contributed by atoms with Crippen molar-refractivity contribution in [2.75, 3.05) is 13.1 Å². The summed E-state index contributed by atoms with van der Waals surface area (Å²) in [5.74, 6) is -2.16. The van der Waals surface area contributed by atoms with Crippen LogP contribution >= 0.6 is 11.6 Å². The van der Waals surface area contributed by atoms with E-state index in [-0.39, 0.29) is 17.0 Å². The predicted molar refractivity (Wildman–Crippen MR) is 135 cm³/mol. The standard InChI is InChI=1S/C27H33ClN2O5/c1-16-12-19(14-20(13-16)25(33)34)23(31)29-18(3)17(2)24(32)30-11-10-27(35,26(4,5)15-30)21-6-8-22(28)9-7-21/h6-9,12-14,17-18,35H,10-11,15H2,1-5H3,(H,29,31)(H,33,34)/t17-,18?,27+/m1/s1. The van der Waals surface area contributed by atoms with Crippen LogP contribution in [0.5, 0.6) is 0 Å². The molecule has 2 amide bonds. The molecule has 0 saturated carbocycles. The number of aryl methyl sites for hydroxylation is 1. The Labute approximate surface area is 211 Å². The van der Waals surface area contributed by atoms with E-state index >= 15 is 0 Å². The number of nitrogens with one attached hydrogen (secondary N) is 1. The quantitative estimate of drug-likeness (QED) is 0.549. The number of hydrogen-bond donors (Lipinski definition) is 3. The van der Waals surface area contributed by atoms with Crippen molar-refractivity contribution in [3.63, 3.8) is 0 Å². The first-order chi connectivity index (χ1) is 16.2. The number of carboxylic acid groups (broad SMARTS) is 1. The van der Waals surface area contributed by atoms with Crippen molar-refractivity contribution in [2.45, 2.75) is 52.7 Å². The zero-order valence-electron chi connectivity index (χ0n) is 20.8. The number of likely N-dealkylation sites (tertiary alicyclic amines) is 1. The molecule has 0 bridgehead atoms. The Morgan fingerprint density at radius 3 is 2.23 bits per heavy atom. The van der Waals surface area contributed by atoms with E-state index in [4.69, 9.17) is 11.6 Å². The van der Waals surface area contributed by atoms with E-state index in [9.17, 15) is 24.6 Å². The van der Waals surface area contributed by atoms with E-state index in [1.54, 1.807) is 43.9 Å². The Hall–Kier alpha value is -2.90. The van der Waals surface area contributed by atoms with Crippen LogP contribution in [0.3, 0.4) is 0 Å². The molecule has 1 fully saturated rings. The third-order valence-corrected chi connectivity index (χ3v) is 7.42. The maximum atomic E-state index is 13.3. The van der Waals surface area contributed by atoms with Gasteiger partial charge in [-0.15, -0.1) is 0 Å². The molecular formula is C27H33ClN2O5. The largest absolute Gasteiger partial charge is 0.478 e. The van der Waals surface area contributed by atoms with E-state index in [0.717, 1.165) is 5.56 Å². The summed E-state index contributed by atoms with van der Waals surface area (Å²) in [6.07, 6.45) is 0.377. The van der Waals surface area contributed by atoms with Crippen LogP contribution in [0.2, 0.25) is 5.02 Å². The lowest BCUT2D eigenvalue weighted by molar-refractivity contribution is -0.156. The molecule has 1 aliphatic heterocycles. The number of piperidine rings is 1. The molecule has 2 aromatic carbocycles. The molecule has 0 aromatic heterocycles. The smallest absolute Gasteiger partial charge is 0.335 e. The predicted octanol–water partition coefficient (Wildman–Crippen LogP) is 4.25. The highest BCUT2D eigenvalue weighted by atomic mass is 35.5. The van der Waals surface area contributed by atoms with Gasteiger partial charge in [0.1, 0.15) is 0 Å². The number of halogens is 1. The molecule has 3 N–H and O–H groups in total. The van der Waals surface area contributed by atoms with Gasteiger partial charge >= 0.3 is 5.97 Å². The van der Waals surface area contributed by atoms with Crippen molar-refractivity contribution in [3.8, 4) is 0 Å². The van der Waals surface area contributed by atoms with Gasteiger partial charge in [-0.2, -0.15) is 0 Å². The van der Waals surface area contributed by atoms with Crippen LogP contribution in [0.15, 0.2) is 42.5 Å². The Balaban J connectivity index is 1.69. The second kappa shape index (κ2) is 9.99. The van der Waals surface area contributed by atoms with Crippen LogP contribution < -0.4 is 5.32 Å². The average molecular weight is 501 g/mol. The number of carboxylic acids is 1. The van der Waals surface area contributed by atoms with E-state index < -0.39 is 34.9 Å². The van der Waals surface area contributed by atoms with Gasteiger partial charge in [-0.05, 0) is 61.7 Å². The molecule has 0 spiro atoms. The lowest BCUT2D eigenvalue weighted by Gasteiger charge is -2.51. The SMILES string of the molecule is Cc1cc(C(=O)O)cc(C(=O)NC(C)[C@@H](C)C(=O)N2CC[C@](O)(c3ccc(Cl)cc3)C(C)(C)C2)c1. The topological polar surface area (TPSA) is 107 Å². The second-order valence-corrected chi connectivity index (χ2v) is 10.6. The van der Waals surface area contributed by atoms with Crippen molar-refractivity contribution in [3.05, 3.63) is 69.7 Å². The molecule has 7 nitrogen and oxygen atoms in total. The van der Waals surface area contributed by atoms with Crippen molar-refractivity contribution >= 4 is 29.4 Å². The number of benzene rings is 2. The van der Waals surface area contributed by atoms with Gasteiger partial charge in [-0.3, -0.25) is 9.59 Å². The molecule has 0 aliphatic carbocycles. The van der Waals surface area contributed by atoms with Crippen molar-refractivity contribution in [2.24, 2.45) is 11.3 Å². The highest BCUT2D eigenvalue weighted by Crippen LogP contribution is 2.46. The maximum Gasteiger partial charge on any atom is 0.335 e. The Kier molecular flexibility index (Phi) is 7.62. The van der Waals surface area contributed by atoms with E-state index in [0.29, 0.717) is 30.1 Å². The minimum absolute atomic E-state index is 0.0376. The molecule has 35 heavy (non-hydrogen) atoms. The number of aliphatic hydroxyl groups is 1. The zero-order valence-corrected chi connectivity index (χ0v) is 21.5. The number of nitrogens with zero attached hydrogens (tertiary/aromatic N) is 1. The van der Waals surface area contributed by atoms with Crippen molar-refractivity contribution < 1.29 is 24.6 Å². The highest BCUT2D eigenvalue weighted by Gasteiger charge is 2.50. The number of hydrogen-bond acceptors (Lipinski definition) is 4. The average Bonchev–Trinajstić information content (AvgIpc) is 2.79. The van der Waals surface area contributed by atoms with Crippen molar-refractivity contribution in [1.29, 1.82) is 0 Å².